The summed E-state index contributed by atoms with van der Waals surface area (Å²) in [5.74, 6) is -0.559. The van der Waals surface area contributed by atoms with Crippen LogP contribution in [0.4, 0.5) is 4.79 Å². The number of amides is 1. The second-order valence-corrected chi connectivity index (χ2v) is 6.34. The number of alkyl carbamates (subject to hydrolysis) is 1. The zero-order chi connectivity index (χ0) is 22.9. The van der Waals surface area contributed by atoms with Crippen LogP contribution in [0.3, 0.4) is 0 Å². The van der Waals surface area contributed by atoms with Gasteiger partial charge < -0.3 is 29.4 Å². The fourth-order valence-corrected chi connectivity index (χ4v) is 2.25. The highest BCUT2D eigenvalue weighted by atomic mass is 16.6. The van der Waals surface area contributed by atoms with E-state index in [1.807, 2.05) is 0 Å². The second-order valence-electron chi connectivity index (χ2n) is 6.34. The third kappa shape index (κ3) is 12.1. The Morgan fingerprint density at radius 3 is 2.42 bits per heavy atom. The molecule has 0 spiro atoms. The minimum atomic E-state index is -1.03. The molecule has 0 aromatic heterocycles. The molecule has 0 heterocycles. The van der Waals surface area contributed by atoms with Crippen LogP contribution in [0, 0.1) is 0 Å². The van der Waals surface area contributed by atoms with Crippen LogP contribution in [-0.4, -0.2) is 55.6 Å². The summed E-state index contributed by atoms with van der Waals surface area (Å²) >= 11 is 0. The first-order valence-electron chi connectivity index (χ1n) is 9.84. The summed E-state index contributed by atoms with van der Waals surface area (Å²) in [4.78, 5) is 33.7. The smallest absolute Gasteiger partial charge is 0.407 e. The molecular weight excluding hydrogens is 406 g/mol. The highest BCUT2D eigenvalue weighted by Gasteiger charge is 2.12. The Bertz CT molecular complexity index is 734. The predicted molar refractivity (Wildman–Crippen MR) is 112 cm³/mol. The molecule has 2 N–H and O–H groups in total. The minimum Gasteiger partial charge on any atom is -0.490 e. The second kappa shape index (κ2) is 15.5. The largest absolute Gasteiger partial charge is 0.490 e. The number of carbonyl (C=O) groups is 3. The fourth-order valence-electron chi connectivity index (χ4n) is 2.25. The number of benzene rings is 1. The molecule has 9 heteroatoms. The minimum absolute atomic E-state index is 0.00666. The molecule has 0 saturated heterocycles. The summed E-state index contributed by atoms with van der Waals surface area (Å²) in [5.41, 5.74) is 0.628. The zero-order valence-electron chi connectivity index (χ0n) is 17.4. The van der Waals surface area contributed by atoms with Gasteiger partial charge in [0.1, 0.15) is 31.7 Å². The topological polar surface area (TPSA) is 120 Å². The van der Waals surface area contributed by atoms with Gasteiger partial charge in [0, 0.05) is 24.3 Å². The average molecular weight is 435 g/mol. The van der Waals surface area contributed by atoms with Crippen LogP contribution in [0.15, 0.2) is 49.6 Å². The molecule has 1 unspecified atom stereocenters. The number of aliphatic hydroxyl groups excluding tert-OH is 1. The van der Waals surface area contributed by atoms with Crippen molar-refractivity contribution < 1.29 is 38.4 Å². The number of rotatable bonds is 15. The first-order chi connectivity index (χ1) is 15.0. The molecule has 1 amide bonds. The van der Waals surface area contributed by atoms with Gasteiger partial charge in [-0.05, 0) is 25.3 Å². The Morgan fingerprint density at radius 2 is 1.68 bits per heavy atom. The number of carbonyl (C=O) groups excluding carboxylic acids is 3. The molecule has 0 saturated carbocycles. The molecule has 0 aliphatic heterocycles. The molecule has 1 atom stereocenters. The van der Waals surface area contributed by atoms with E-state index in [1.54, 1.807) is 24.3 Å². The van der Waals surface area contributed by atoms with Crippen LogP contribution in [0.2, 0.25) is 0 Å². The third-order valence-corrected chi connectivity index (χ3v) is 3.85. The maximum Gasteiger partial charge on any atom is 0.407 e. The lowest BCUT2D eigenvalue weighted by atomic mass is 10.2. The normalized spacial score (nSPS) is 11.0. The van der Waals surface area contributed by atoms with Crippen molar-refractivity contribution in [1.29, 1.82) is 0 Å². The van der Waals surface area contributed by atoms with Crippen molar-refractivity contribution in [2.24, 2.45) is 0 Å². The molecule has 31 heavy (non-hydrogen) atoms. The van der Waals surface area contributed by atoms with Gasteiger partial charge in [-0.2, -0.15) is 0 Å². The molecule has 0 bridgehead atoms. The van der Waals surface area contributed by atoms with Crippen molar-refractivity contribution in [3.63, 3.8) is 0 Å². The van der Waals surface area contributed by atoms with Gasteiger partial charge in [0.05, 0.1) is 6.61 Å². The van der Waals surface area contributed by atoms with E-state index >= 15 is 0 Å². The number of hydrogen-bond donors (Lipinski definition) is 2. The Balaban J connectivity index is 2.19. The van der Waals surface area contributed by atoms with Crippen LogP contribution in [0.5, 0.6) is 5.75 Å². The lowest BCUT2D eigenvalue weighted by Gasteiger charge is -2.15. The molecule has 170 valence electrons. The lowest BCUT2D eigenvalue weighted by molar-refractivity contribution is -0.139. The highest BCUT2D eigenvalue weighted by molar-refractivity contribution is 5.81. The first-order valence-corrected chi connectivity index (χ1v) is 9.84. The standard InChI is InChI=1S/C22H29NO8/c1-3-20(25)28-13-9-5-8-12-23-22(27)31-16-18(24)15-29-19-11-7-6-10-17(19)14-30-21(26)4-2/h3-4,6-7,10-11,18,24H,1-2,5,8-9,12-16H2,(H,23,27). The van der Waals surface area contributed by atoms with E-state index in [0.29, 0.717) is 37.3 Å². The van der Waals surface area contributed by atoms with Gasteiger partial charge in [0.15, 0.2) is 0 Å². The Hall–Kier alpha value is -3.33. The van der Waals surface area contributed by atoms with Gasteiger partial charge in [-0.25, -0.2) is 14.4 Å². The van der Waals surface area contributed by atoms with Crippen molar-refractivity contribution in [1.82, 2.24) is 5.32 Å². The zero-order valence-corrected chi connectivity index (χ0v) is 17.4. The van der Waals surface area contributed by atoms with Crippen molar-refractivity contribution >= 4 is 18.0 Å². The van der Waals surface area contributed by atoms with Crippen molar-refractivity contribution in [2.75, 3.05) is 26.4 Å². The number of ether oxygens (including phenoxy) is 4. The number of hydrogen-bond acceptors (Lipinski definition) is 8. The van der Waals surface area contributed by atoms with Crippen LogP contribution >= 0.6 is 0 Å². The molecule has 0 radical (unpaired) electrons. The van der Waals surface area contributed by atoms with Crippen molar-refractivity contribution in [3.05, 3.63) is 55.1 Å². The Morgan fingerprint density at radius 1 is 0.968 bits per heavy atom. The lowest BCUT2D eigenvalue weighted by Crippen LogP contribution is -2.31. The monoisotopic (exact) mass is 435 g/mol. The highest BCUT2D eigenvalue weighted by Crippen LogP contribution is 2.19. The summed E-state index contributed by atoms with van der Waals surface area (Å²) < 4.78 is 20.3. The van der Waals surface area contributed by atoms with Crippen LogP contribution in [0.1, 0.15) is 24.8 Å². The average Bonchev–Trinajstić information content (AvgIpc) is 2.79. The summed E-state index contributed by atoms with van der Waals surface area (Å²) in [7, 11) is 0. The summed E-state index contributed by atoms with van der Waals surface area (Å²) in [6.45, 7) is 7.00. The van der Waals surface area contributed by atoms with Crippen LogP contribution < -0.4 is 10.1 Å². The number of esters is 2. The van der Waals surface area contributed by atoms with E-state index in [1.165, 1.54) is 0 Å². The van der Waals surface area contributed by atoms with Gasteiger partial charge in [-0.15, -0.1) is 0 Å². The summed E-state index contributed by atoms with van der Waals surface area (Å²) in [6.07, 6.45) is 2.64. The van der Waals surface area contributed by atoms with E-state index in [-0.39, 0.29) is 19.8 Å². The Labute approximate surface area is 181 Å². The number of nitrogens with one attached hydrogen (secondary N) is 1. The van der Waals surface area contributed by atoms with Gasteiger partial charge in [0.2, 0.25) is 0 Å². The molecule has 0 fully saturated rings. The van der Waals surface area contributed by atoms with E-state index in [4.69, 9.17) is 18.9 Å². The molecule has 1 aromatic rings. The molecular formula is C22H29NO8. The van der Waals surface area contributed by atoms with Gasteiger partial charge in [0.25, 0.3) is 0 Å². The van der Waals surface area contributed by atoms with Crippen molar-refractivity contribution in [2.45, 2.75) is 32.0 Å². The van der Waals surface area contributed by atoms with Crippen LogP contribution in [0.25, 0.3) is 0 Å². The Kier molecular flexibility index (Phi) is 12.9. The van der Waals surface area contributed by atoms with Crippen LogP contribution in [-0.2, 0) is 30.4 Å². The quantitative estimate of drug-likeness (QED) is 0.186. The van der Waals surface area contributed by atoms with Gasteiger partial charge in [-0.3, -0.25) is 0 Å². The molecule has 1 aromatic carbocycles. The SMILES string of the molecule is C=CC(=O)OCCCCCNC(=O)OCC(O)COc1ccccc1COC(=O)C=C. The number of para-hydroxylation sites is 1. The number of unbranched alkanes of at least 4 members (excludes halogenated alkanes) is 2. The van der Waals surface area contributed by atoms with Gasteiger partial charge in [-0.1, -0.05) is 31.4 Å². The summed E-state index contributed by atoms with van der Waals surface area (Å²) in [6, 6.07) is 6.91. The van der Waals surface area contributed by atoms with E-state index in [9.17, 15) is 19.5 Å². The van der Waals surface area contributed by atoms with E-state index < -0.39 is 24.1 Å². The predicted octanol–water partition coefficient (Wildman–Crippen LogP) is 2.28. The molecule has 1 rings (SSSR count). The van der Waals surface area contributed by atoms with E-state index in [2.05, 4.69) is 18.5 Å². The molecule has 0 aliphatic carbocycles. The molecule has 9 nitrogen and oxygen atoms in total. The third-order valence-electron chi connectivity index (χ3n) is 3.85. The molecule has 0 aliphatic rings. The first kappa shape index (κ1) is 25.7. The fraction of sp³-hybridized carbons (Fsp3) is 0.409. The van der Waals surface area contributed by atoms with Crippen molar-refractivity contribution in [3.8, 4) is 5.75 Å². The number of aliphatic hydroxyl groups is 1. The van der Waals surface area contributed by atoms with E-state index in [0.717, 1.165) is 18.6 Å². The summed E-state index contributed by atoms with van der Waals surface area (Å²) in [5, 5.41) is 12.5. The maximum atomic E-state index is 11.6. The van der Waals surface area contributed by atoms with Gasteiger partial charge >= 0.3 is 18.0 Å². The maximum absolute atomic E-state index is 11.6.